The van der Waals surface area contributed by atoms with Gasteiger partial charge in [-0.25, -0.2) is 0 Å². The first-order valence-corrected chi connectivity index (χ1v) is 6.84. The summed E-state index contributed by atoms with van der Waals surface area (Å²) in [6.45, 7) is 1.01. The van der Waals surface area contributed by atoms with Crippen LogP contribution in [0.5, 0.6) is 0 Å². The van der Waals surface area contributed by atoms with Crippen molar-refractivity contribution in [1.82, 2.24) is 15.1 Å². The lowest BCUT2D eigenvalue weighted by atomic mass is 10.1. The van der Waals surface area contributed by atoms with Crippen LogP contribution in [0.25, 0.3) is 0 Å². The Kier molecular flexibility index (Phi) is 3.68. The van der Waals surface area contributed by atoms with E-state index in [1.165, 1.54) is 6.20 Å². The summed E-state index contributed by atoms with van der Waals surface area (Å²) in [7, 11) is 0. The van der Waals surface area contributed by atoms with Crippen molar-refractivity contribution >= 4 is 17.5 Å². The summed E-state index contributed by atoms with van der Waals surface area (Å²) < 4.78 is 0. The van der Waals surface area contributed by atoms with E-state index in [1.807, 2.05) is 30.3 Å². The molecule has 108 valence electrons. The number of anilines is 1. The highest BCUT2D eigenvalue weighted by Crippen LogP contribution is 2.21. The highest BCUT2D eigenvalue weighted by atomic mass is 16.2. The fraction of sp³-hybridized carbons (Fsp3) is 0.267. The largest absolute Gasteiger partial charge is 0.338 e. The molecular formula is C15H16N4O2. The van der Waals surface area contributed by atoms with Crippen LogP contribution < -0.4 is 5.32 Å². The van der Waals surface area contributed by atoms with Crippen molar-refractivity contribution in [3.8, 4) is 0 Å². The van der Waals surface area contributed by atoms with Gasteiger partial charge in [-0.15, -0.1) is 0 Å². The molecule has 21 heavy (non-hydrogen) atoms. The molecule has 2 N–H and O–H groups in total. The molecule has 2 heterocycles. The van der Waals surface area contributed by atoms with Crippen molar-refractivity contribution < 1.29 is 9.59 Å². The first-order valence-electron chi connectivity index (χ1n) is 6.84. The molecule has 1 atom stereocenters. The third-order valence-corrected chi connectivity index (χ3v) is 3.57. The van der Waals surface area contributed by atoms with Gasteiger partial charge in [0.15, 0.2) is 0 Å². The van der Waals surface area contributed by atoms with Gasteiger partial charge in [0.05, 0.1) is 17.8 Å². The zero-order chi connectivity index (χ0) is 14.7. The number of H-pyrrole nitrogens is 1. The molecule has 2 aromatic rings. The molecule has 6 nitrogen and oxygen atoms in total. The molecule has 1 aliphatic heterocycles. The summed E-state index contributed by atoms with van der Waals surface area (Å²) in [5.74, 6) is -0.428. The fourth-order valence-electron chi connectivity index (χ4n) is 2.47. The number of benzene rings is 1. The summed E-state index contributed by atoms with van der Waals surface area (Å²) >= 11 is 0. The van der Waals surface area contributed by atoms with E-state index in [1.54, 1.807) is 11.1 Å². The van der Waals surface area contributed by atoms with Gasteiger partial charge in [0, 0.05) is 25.7 Å². The van der Waals surface area contributed by atoms with E-state index in [-0.39, 0.29) is 24.2 Å². The van der Waals surface area contributed by atoms with Crippen molar-refractivity contribution in [2.75, 3.05) is 11.9 Å². The van der Waals surface area contributed by atoms with Gasteiger partial charge in [-0.2, -0.15) is 5.10 Å². The zero-order valence-electron chi connectivity index (χ0n) is 11.5. The predicted molar refractivity (Wildman–Crippen MR) is 77.2 cm³/mol. The Hall–Kier alpha value is -2.63. The van der Waals surface area contributed by atoms with Crippen LogP contribution in [0.15, 0.2) is 42.7 Å². The van der Waals surface area contributed by atoms with Crippen LogP contribution in [-0.2, 0) is 16.1 Å². The smallest absolute Gasteiger partial charge is 0.229 e. The number of carbonyl (C=O) groups excluding carboxylic acids is 2. The Balaban J connectivity index is 1.60. The number of amides is 2. The van der Waals surface area contributed by atoms with Crippen molar-refractivity contribution in [1.29, 1.82) is 0 Å². The first kappa shape index (κ1) is 13.4. The van der Waals surface area contributed by atoms with Crippen LogP contribution in [0.3, 0.4) is 0 Å². The maximum absolute atomic E-state index is 12.1. The van der Waals surface area contributed by atoms with Crippen LogP contribution in [0, 0.1) is 5.92 Å². The van der Waals surface area contributed by atoms with Crippen LogP contribution >= 0.6 is 0 Å². The number of likely N-dealkylation sites (tertiary alicyclic amines) is 1. The van der Waals surface area contributed by atoms with Crippen LogP contribution in [0.1, 0.15) is 12.0 Å². The minimum Gasteiger partial charge on any atom is -0.338 e. The van der Waals surface area contributed by atoms with Gasteiger partial charge in [0.2, 0.25) is 11.8 Å². The Morgan fingerprint density at radius 2 is 2.19 bits per heavy atom. The fourth-order valence-corrected chi connectivity index (χ4v) is 2.47. The number of aromatic nitrogens is 2. The molecule has 0 unspecified atom stereocenters. The van der Waals surface area contributed by atoms with Gasteiger partial charge in [-0.1, -0.05) is 30.3 Å². The van der Waals surface area contributed by atoms with Crippen molar-refractivity contribution in [2.24, 2.45) is 5.92 Å². The van der Waals surface area contributed by atoms with E-state index in [9.17, 15) is 9.59 Å². The third kappa shape index (κ3) is 3.10. The average molecular weight is 284 g/mol. The monoisotopic (exact) mass is 284 g/mol. The molecule has 1 saturated heterocycles. The Labute approximate surface area is 122 Å². The molecule has 1 aliphatic rings. The quantitative estimate of drug-likeness (QED) is 0.890. The lowest BCUT2D eigenvalue weighted by molar-refractivity contribution is -0.128. The normalized spacial score (nSPS) is 18.0. The van der Waals surface area contributed by atoms with E-state index in [0.717, 1.165) is 5.56 Å². The summed E-state index contributed by atoms with van der Waals surface area (Å²) in [5, 5.41) is 9.16. The van der Waals surface area contributed by atoms with Crippen molar-refractivity contribution in [3.05, 3.63) is 48.3 Å². The molecule has 1 aromatic carbocycles. The highest BCUT2D eigenvalue weighted by molar-refractivity contribution is 5.97. The predicted octanol–water partition coefficient (Wildman–Crippen LogP) is 1.40. The number of hydrogen-bond donors (Lipinski definition) is 2. The minimum absolute atomic E-state index is 0.0196. The van der Waals surface area contributed by atoms with Gasteiger partial charge < -0.3 is 10.2 Å². The highest BCUT2D eigenvalue weighted by Gasteiger charge is 2.34. The van der Waals surface area contributed by atoms with Crippen molar-refractivity contribution in [3.63, 3.8) is 0 Å². The van der Waals surface area contributed by atoms with Gasteiger partial charge in [-0.05, 0) is 5.56 Å². The van der Waals surface area contributed by atoms with Gasteiger partial charge in [-0.3, -0.25) is 14.7 Å². The Morgan fingerprint density at radius 3 is 2.90 bits per heavy atom. The molecule has 0 spiro atoms. The summed E-state index contributed by atoms with van der Waals surface area (Å²) in [5.41, 5.74) is 1.69. The summed E-state index contributed by atoms with van der Waals surface area (Å²) in [4.78, 5) is 25.9. The van der Waals surface area contributed by atoms with E-state index >= 15 is 0 Å². The Bertz CT molecular complexity index is 624. The van der Waals surface area contributed by atoms with E-state index in [0.29, 0.717) is 18.8 Å². The van der Waals surface area contributed by atoms with E-state index < -0.39 is 0 Å². The number of aromatic amines is 1. The van der Waals surface area contributed by atoms with Crippen LogP contribution in [-0.4, -0.2) is 33.5 Å². The summed E-state index contributed by atoms with van der Waals surface area (Å²) in [6, 6.07) is 9.78. The maximum Gasteiger partial charge on any atom is 0.229 e. The van der Waals surface area contributed by atoms with Gasteiger partial charge in [0.1, 0.15) is 0 Å². The van der Waals surface area contributed by atoms with Crippen molar-refractivity contribution in [2.45, 2.75) is 13.0 Å². The molecular weight excluding hydrogens is 268 g/mol. The molecule has 0 bridgehead atoms. The van der Waals surface area contributed by atoms with E-state index in [2.05, 4.69) is 15.5 Å². The van der Waals surface area contributed by atoms with Crippen LogP contribution in [0.2, 0.25) is 0 Å². The lowest BCUT2D eigenvalue weighted by Crippen LogP contribution is -2.27. The minimum atomic E-state index is -0.309. The second kappa shape index (κ2) is 5.78. The topological polar surface area (TPSA) is 78.1 Å². The molecule has 0 radical (unpaired) electrons. The number of nitrogens with zero attached hydrogens (tertiary/aromatic N) is 2. The standard InChI is InChI=1S/C15H16N4O2/c20-14-6-12(15(21)18-13-7-16-17-8-13)10-19(14)9-11-4-2-1-3-5-11/h1-5,7-8,12H,6,9-10H2,(H,16,17)(H,18,21)/t12-/m1/s1. The molecule has 1 aromatic heterocycles. The number of nitrogens with one attached hydrogen (secondary N) is 2. The third-order valence-electron chi connectivity index (χ3n) is 3.57. The number of hydrogen-bond acceptors (Lipinski definition) is 3. The zero-order valence-corrected chi connectivity index (χ0v) is 11.5. The second-order valence-electron chi connectivity index (χ2n) is 5.14. The van der Waals surface area contributed by atoms with E-state index in [4.69, 9.17) is 0 Å². The van der Waals surface area contributed by atoms with Gasteiger partial charge in [0.25, 0.3) is 0 Å². The first-order chi connectivity index (χ1) is 10.2. The summed E-state index contributed by atoms with van der Waals surface area (Å²) in [6.07, 6.45) is 3.41. The molecule has 0 saturated carbocycles. The molecule has 2 amide bonds. The second-order valence-corrected chi connectivity index (χ2v) is 5.14. The molecule has 0 aliphatic carbocycles. The average Bonchev–Trinajstić information content (AvgIpc) is 3.11. The molecule has 6 heteroatoms. The molecule has 1 fully saturated rings. The maximum atomic E-state index is 12.1. The number of carbonyl (C=O) groups is 2. The SMILES string of the molecule is O=C(Nc1cn[nH]c1)[C@@H]1CC(=O)N(Cc2ccccc2)C1. The Morgan fingerprint density at radius 1 is 1.38 bits per heavy atom. The molecule has 3 rings (SSSR count). The lowest BCUT2D eigenvalue weighted by Gasteiger charge is -2.16. The number of rotatable bonds is 4. The van der Waals surface area contributed by atoms with Crippen LogP contribution in [0.4, 0.5) is 5.69 Å². The van der Waals surface area contributed by atoms with Gasteiger partial charge >= 0.3 is 0 Å².